The molecule has 0 fully saturated rings. The minimum atomic E-state index is -3.33. The lowest BCUT2D eigenvalue weighted by atomic mass is 9.81. The monoisotopic (exact) mass is 741 g/mol. The Labute approximate surface area is 311 Å². The molecule has 4 rings (SSSR count). The van der Waals surface area contributed by atoms with Gasteiger partial charge in [0.25, 0.3) is 0 Å². The number of unbranched alkanes of at least 4 members (excludes halogenated alkanes) is 8. The second-order valence-electron chi connectivity index (χ2n) is 14.7. The standard InChI is InChI=1S/C41H58ClN2O4S2/c1-9-11-13-15-17-27-43-36-23-21-32(49-48-47-7)29-34(36)40(3,4)38(43)25-19-31(42)20-26-39-41(5,6)35-30-33(50(8,45)46)22-24-37(35)44(39)28-18-16-14-12-10-2/h19-26,29-30H,9-18,27-28H2,1-8H3/q+1. The summed E-state index contributed by atoms with van der Waals surface area (Å²) >= 11 is 8.22. The summed E-state index contributed by atoms with van der Waals surface area (Å²) in [5.74, 6) is 0. The number of rotatable bonds is 19. The fraction of sp³-hybridized carbons (Fsp3) is 0.537. The Bertz CT molecular complexity index is 1720. The van der Waals surface area contributed by atoms with Gasteiger partial charge in [-0.05, 0) is 80.8 Å². The van der Waals surface area contributed by atoms with Gasteiger partial charge < -0.3 is 4.90 Å². The van der Waals surface area contributed by atoms with Crippen molar-refractivity contribution >= 4 is 50.6 Å². The lowest BCUT2D eigenvalue weighted by molar-refractivity contribution is -0.438. The highest BCUT2D eigenvalue weighted by atomic mass is 35.5. The first-order chi connectivity index (χ1) is 23.8. The van der Waals surface area contributed by atoms with E-state index in [4.69, 9.17) is 20.8 Å². The molecule has 0 saturated carbocycles. The second kappa shape index (κ2) is 17.9. The molecular weight excluding hydrogens is 684 g/mol. The summed E-state index contributed by atoms with van der Waals surface area (Å²) in [5.41, 5.74) is 6.30. The number of fused-ring (bicyclic) bond motifs is 2. The van der Waals surface area contributed by atoms with E-state index in [1.165, 1.54) is 93.7 Å². The molecule has 0 aromatic heterocycles. The van der Waals surface area contributed by atoms with Crippen LogP contribution in [-0.2, 0) is 29.9 Å². The topological polar surface area (TPSA) is 58.9 Å². The summed E-state index contributed by atoms with van der Waals surface area (Å²) in [5, 5.41) is 0.635. The molecule has 0 atom stereocenters. The zero-order valence-corrected chi connectivity index (χ0v) is 33.9. The molecule has 0 saturated heterocycles. The van der Waals surface area contributed by atoms with Crippen LogP contribution >= 0.6 is 23.6 Å². The fourth-order valence-electron chi connectivity index (χ4n) is 7.27. The van der Waals surface area contributed by atoms with Gasteiger partial charge in [-0.3, -0.25) is 0 Å². The van der Waals surface area contributed by atoms with E-state index >= 15 is 0 Å². The number of benzene rings is 2. The van der Waals surface area contributed by atoms with Gasteiger partial charge in [0.15, 0.2) is 15.5 Å². The number of hydrogen-bond acceptors (Lipinski definition) is 6. The first kappa shape index (κ1) is 40.4. The fourth-order valence-corrected chi connectivity index (χ4v) is 8.48. The Morgan fingerprint density at radius 2 is 1.58 bits per heavy atom. The number of halogens is 1. The molecule has 0 unspecified atom stereocenters. The summed E-state index contributed by atoms with van der Waals surface area (Å²) in [7, 11) is -1.81. The summed E-state index contributed by atoms with van der Waals surface area (Å²) in [6.07, 6.45) is 21.6. The van der Waals surface area contributed by atoms with Gasteiger partial charge in [-0.1, -0.05) is 84.2 Å². The molecule has 0 bridgehead atoms. The third-order valence-electron chi connectivity index (χ3n) is 10.1. The summed E-state index contributed by atoms with van der Waals surface area (Å²) in [6, 6.07) is 12.1. The minimum absolute atomic E-state index is 0.241. The van der Waals surface area contributed by atoms with Crippen molar-refractivity contribution in [1.29, 1.82) is 0 Å². The third kappa shape index (κ3) is 9.54. The normalized spacial score (nSPS) is 17.7. The van der Waals surface area contributed by atoms with Crippen LogP contribution in [0.3, 0.4) is 0 Å². The average molecular weight is 743 g/mol. The molecule has 50 heavy (non-hydrogen) atoms. The predicted molar refractivity (Wildman–Crippen MR) is 212 cm³/mol. The quantitative estimate of drug-likeness (QED) is 0.0357. The lowest BCUT2D eigenvalue weighted by Gasteiger charge is -2.27. The molecule has 2 aliphatic heterocycles. The van der Waals surface area contributed by atoms with E-state index in [0.717, 1.165) is 47.8 Å². The van der Waals surface area contributed by atoms with Crippen LogP contribution in [0.4, 0.5) is 11.4 Å². The lowest BCUT2D eigenvalue weighted by Crippen LogP contribution is -2.28. The maximum absolute atomic E-state index is 12.5. The Balaban J connectivity index is 1.67. The molecule has 9 heteroatoms. The van der Waals surface area contributed by atoms with E-state index in [-0.39, 0.29) is 5.41 Å². The number of anilines is 1. The average Bonchev–Trinajstić information content (AvgIpc) is 3.42. The van der Waals surface area contributed by atoms with Crippen molar-refractivity contribution in [3.63, 3.8) is 0 Å². The van der Waals surface area contributed by atoms with E-state index in [1.54, 1.807) is 6.07 Å². The van der Waals surface area contributed by atoms with Gasteiger partial charge in [-0.25, -0.2) is 13.3 Å². The predicted octanol–water partition coefficient (Wildman–Crippen LogP) is 11.4. The van der Waals surface area contributed by atoms with Crippen molar-refractivity contribution in [2.24, 2.45) is 0 Å². The van der Waals surface area contributed by atoms with Crippen LogP contribution < -0.4 is 4.90 Å². The molecule has 2 heterocycles. The van der Waals surface area contributed by atoms with Crippen molar-refractivity contribution in [3.05, 3.63) is 82.6 Å². The highest BCUT2D eigenvalue weighted by Gasteiger charge is 2.44. The van der Waals surface area contributed by atoms with E-state index in [9.17, 15) is 8.42 Å². The summed E-state index contributed by atoms with van der Waals surface area (Å²) < 4.78 is 32.6. The number of hydrogen-bond donors (Lipinski definition) is 0. The minimum Gasteiger partial charge on any atom is -0.344 e. The molecule has 0 amide bonds. The Kier molecular flexibility index (Phi) is 14.5. The van der Waals surface area contributed by atoms with Gasteiger partial charge in [0.05, 0.1) is 29.5 Å². The largest absolute Gasteiger partial charge is 0.344 e. The van der Waals surface area contributed by atoms with Crippen molar-refractivity contribution < 1.29 is 22.2 Å². The van der Waals surface area contributed by atoms with E-state index in [0.29, 0.717) is 9.93 Å². The number of nitrogens with zero attached hydrogens (tertiary/aromatic N) is 2. The van der Waals surface area contributed by atoms with Gasteiger partial charge in [-0.2, -0.15) is 8.91 Å². The molecule has 0 radical (unpaired) electrons. The molecule has 2 aliphatic rings. The van der Waals surface area contributed by atoms with Crippen LogP contribution in [0.15, 0.2) is 81.2 Å². The van der Waals surface area contributed by atoms with Crippen molar-refractivity contribution in [2.45, 2.75) is 126 Å². The zero-order chi connectivity index (χ0) is 36.5. The zero-order valence-electron chi connectivity index (χ0n) is 31.5. The van der Waals surface area contributed by atoms with Crippen molar-refractivity contribution in [2.75, 3.05) is 31.4 Å². The highest BCUT2D eigenvalue weighted by Crippen LogP contribution is 2.49. The molecule has 2 aromatic rings. The van der Waals surface area contributed by atoms with Crippen molar-refractivity contribution in [1.82, 2.24) is 0 Å². The number of sulfone groups is 1. The Hall–Kier alpha value is -2.36. The number of allylic oxidation sites excluding steroid dienone is 6. The van der Waals surface area contributed by atoms with Gasteiger partial charge in [-0.15, -0.1) is 0 Å². The SMILES string of the molecule is CCCCCCCN1C(=CC=C(Cl)C=CC2=[N+](CCCCCCC)c3ccc(SOOC)cc3C2(C)C)C(C)(C)c2cc(S(C)(=O)=O)ccc21. The van der Waals surface area contributed by atoms with Gasteiger partial charge in [0, 0.05) is 63.7 Å². The molecule has 6 nitrogen and oxygen atoms in total. The van der Waals surface area contributed by atoms with Crippen LogP contribution in [0.2, 0.25) is 0 Å². The first-order valence-electron chi connectivity index (χ1n) is 18.3. The highest BCUT2D eigenvalue weighted by molar-refractivity contribution is 7.94. The Morgan fingerprint density at radius 3 is 2.24 bits per heavy atom. The van der Waals surface area contributed by atoms with E-state index < -0.39 is 15.3 Å². The van der Waals surface area contributed by atoms with Crippen LogP contribution in [0.25, 0.3) is 0 Å². The van der Waals surface area contributed by atoms with Gasteiger partial charge >= 0.3 is 0 Å². The first-order valence-corrected chi connectivity index (χ1v) is 21.3. The van der Waals surface area contributed by atoms with Crippen LogP contribution in [0, 0.1) is 0 Å². The molecule has 2 aromatic carbocycles. The Morgan fingerprint density at radius 1 is 0.900 bits per heavy atom. The van der Waals surface area contributed by atoms with Crippen LogP contribution in [0.1, 0.15) is 117 Å². The maximum atomic E-state index is 12.5. The molecular formula is C41H58ClN2O4S2+. The van der Waals surface area contributed by atoms with Crippen LogP contribution in [-0.4, -0.2) is 45.2 Å². The summed E-state index contributed by atoms with van der Waals surface area (Å²) in [6.45, 7) is 15.2. The summed E-state index contributed by atoms with van der Waals surface area (Å²) in [4.78, 5) is 8.56. The maximum Gasteiger partial charge on any atom is 0.209 e. The van der Waals surface area contributed by atoms with Gasteiger partial charge in [0.1, 0.15) is 6.54 Å². The van der Waals surface area contributed by atoms with Crippen molar-refractivity contribution in [3.8, 4) is 0 Å². The van der Waals surface area contributed by atoms with E-state index in [2.05, 4.69) is 81.4 Å². The third-order valence-corrected chi connectivity index (χ3v) is 12.1. The van der Waals surface area contributed by atoms with Gasteiger partial charge in [0.2, 0.25) is 5.69 Å². The molecule has 0 spiro atoms. The molecule has 0 aliphatic carbocycles. The van der Waals surface area contributed by atoms with Crippen LogP contribution in [0.5, 0.6) is 0 Å². The molecule has 0 N–H and O–H groups in total. The smallest absolute Gasteiger partial charge is 0.209 e. The second-order valence-corrected chi connectivity index (χ2v) is 17.9. The van der Waals surface area contributed by atoms with E-state index in [1.807, 2.05) is 24.3 Å². The molecule has 274 valence electrons.